The Morgan fingerprint density at radius 2 is 1.77 bits per heavy atom. The number of nitro benzene ring substituents is 1. The van der Waals surface area contributed by atoms with Gasteiger partial charge in [-0.3, -0.25) is 19.7 Å². The third kappa shape index (κ3) is 3.17. The maximum atomic E-state index is 12.3. The van der Waals surface area contributed by atoms with Gasteiger partial charge in [-0.25, -0.2) is 0 Å². The van der Waals surface area contributed by atoms with Gasteiger partial charge in [0, 0.05) is 23.3 Å². The average molecular weight is 298 g/mol. The number of aryl methyl sites for hydroxylation is 1. The first kappa shape index (κ1) is 15.4. The molecule has 1 amide bonds. The lowest BCUT2D eigenvalue weighted by atomic mass is 10.1. The van der Waals surface area contributed by atoms with Crippen molar-refractivity contribution >= 4 is 23.1 Å². The summed E-state index contributed by atoms with van der Waals surface area (Å²) in [7, 11) is 0. The first-order valence-electron chi connectivity index (χ1n) is 6.56. The Bertz CT molecular complexity index is 768. The lowest BCUT2D eigenvalue weighted by Gasteiger charge is -2.10. The van der Waals surface area contributed by atoms with Gasteiger partial charge >= 0.3 is 0 Å². The van der Waals surface area contributed by atoms with E-state index in [9.17, 15) is 19.7 Å². The van der Waals surface area contributed by atoms with Gasteiger partial charge in [0.05, 0.1) is 10.6 Å². The van der Waals surface area contributed by atoms with Gasteiger partial charge in [0.25, 0.3) is 11.6 Å². The van der Waals surface area contributed by atoms with Gasteiger partial charge in [-0.2, -0.15) is 0 Å². The zero-order valence-electron chi connectivity index (χ0n) is 12.1. The number of hydrogen-bond donors (Lipinski definition) is 1. The lowest BCUT2D eigenvalue weighted by molar-refractivity contribution is -0.384. The highest BCUT2D eigenvalue weighted by atomic mass is 16.6. The number of non-ortho nitro benzene ring substituents is 1. The van der Waals surface area contributed by atoms with Crippen molar-refractivity contribution in [1.29, 1.82) is 0 Å². The summed E-state index contributed by atoms with van der Waals surface area (Å²) in [5.41, 5.74) is 1.57. The Labute approximate surface area is 126 Å². The van der Waals surface area contributed by atoms with Crippen LogP contribution in [0.4, 0.5) is 11.4 Å². The van der Waals surface area contributed by atoms with E-state index in [0.29, 0.717) is 22.4 Å². The predicted molar refractivity (Wildman–Crippen MR) is 82.2 cm³/mol. The minimum Gasteiger partial charge on any atom is -0.321 e. The SMILES string of the molecule is CC(=O)c1ccccc1NC(=O)c1ccc([N+](=O)[O-])cc1C. The van der Waals surface area contributed by atoms with Crippen LogP contribution in [-0.4, -0.2) is 16.6 Å². The summed E-state index contributed by atoms with van der Waals surface area (Å²) < 4.78 is 0. The molecule has 1 N–H and O–H groups in total. The number of nitrogens with zero attached hydrogens (tertiary/aromatic N) is 1. The Kier molecular flexibility index (Phi) is 4.31. The van der Waals surface area contributed by atoms with Crippen molar-refractivity contribution in [2.24, 2.45) is 0 Å². The number of nitro groups is 1. The van der Waals surface area contributed by atoms with E-state index in [1.165, 1.54) is 25.1 Å². The van der Waals surface area contributed by atoms with Crippen LogP contribution in [0.15, 0.2) is 42.5 Å². The number of rotatable bonds is 4. The van der Waals surface area contributed by atoms with Gasteiger partial charge in [0.15, 0.2) is 5.78 Å². The van der Waals surface area contributed by atoms with Crippen LogP contribution < -0.4 is 5.32 Å². The second-order valence-corrected chi connectivity index (χ2v) is 4.81. The molecule has 22 heavy (non-hydrogen) atoms. The van der Waals surface area contributed by atoms with Crippen molar-refractivity contribution in [2.45, 2.75) is 13.8 Å². The first-order valence-corrected chi connectivity index (χ1v) is 6.56. The summed E-state index contributed by atoms with van der Waals surface area (Å²) in [6.45, 7) is 3.04. The lowest BCUT2D eigenvalue weighted by Crippen LogP contribution is -2.15. The van der Waals surface area contributed by atoms with E-state index >= 15 is 0 Å². The number of carbonyl (C=O) groups excluding carboxylic acids is 2. The highest BCUT2D eigenvalue weighted by Gasteiger charge is 2.15. The van der Waals surface area contributed by atoms with E-state index in [2.05, 4.69) is 5.32 Å². The molecule has 2 rings (SSSR count). The molecular formula is C16H14N2O4. The Hall–Kier alpha value is -3.02. The molecule has 0 unspecified atom stereocenters. The molecule has 0 aliphatic rings. The standard InChI is InChI=1S/C16H14N2O4/c1-10-9-12(18(21)22)7-8-13(10)16(20)17-15-6-4-3-5-14(15)11(2)19/h3-9H,1-2H3,(H,17,20). The number of carbonyl (C=O) groups is 2. The van der Waals surface area contributed by atoms with E-state index in [1.807, 2.05) is 0 Å². The van der Waals surface area contributed by atoms with Crippen molar-refractivity contribution in [3.63, 3.8) is 0 Å². The fourth-order valence-electron chi connectivity index (χ4n) is 2.10. The van der Waals surface area contributed by atoms with E-state index in [-0.39, 0.29) is 11.5 Å². The zero-order chi connectivity index (χ0) is 16.3. The number of anilines is 1. The molecule has 0 aliphatic heterocycles. The van der Waals surface area contributed by atoms with E-state index in [1.54, 1.807) is 31.2 Å². The van der Waals surface area contributed by atoms with Crippen molar-refractivity contribution in [3.8, 4) is 0 Å². The summed E-state index contributed by atoms with van der Waals surface area (Å²) in [6, 6.07) is 10.7. The number of ketones is 1. The third-order valence-corrected chi connectivity index (χ3v) is 3.22. The zero-order valence-corrected chi connectivity index (χ0v) is 12.1. The molecule has 0 aromatic heterocycles. The summed E-state index contributed by atoms with van der Waals surface area (Å²) in [5, 5.41) is 13.4. The molecule has 0 fully saturated rings. The van der Waals surface area contributed by atoms with Crippen molar-refractivity contribution in [3.05, 3.63) is 69.3 Å². The maximum Gasteiger partial charge on any atom is 0.269 e. The summed E-state index contributed by atoms with van der Waals surface area (Å²) in [6.07, 6.45) is 0. The van der Waals surface area contributed by atoms with Gasteiger partial charge in [0.2, 0.25) is 0 Å². The Balaban J connectivity index is 2.31. The van der Waals surface area contributed by atoms with E-state index in [0.717, 1.165) is 0 Å². The number of amides is 1. The van der Waals surface area contributed by atoms with Gasteiger partial charge in [-0.15, -0.1) is 0 Å². The second kappa shape index (κ2) is 6.17. The Morgan fingerprint density at radius 3 is 2.36 bits per heavy atom. The predicted octanol–water partition coefficient (Wildman–Crippen LogP) is 3.36. The van der Waals surface area contributed by atoms with Crippen LogP contribution in [0.2, 0.25) is 0 Å². The monoisotopic (exact) mass is 298 g/mol. The molecule has 6 heteroatoms. The van der Waals surface area contributed by atoms with E-state index in [4.69, 9.17) is 0 Å². The van der Waals surface area contributed by atoms with E-state index < -0.39 is 10.8 Å². The van der Waals surface area contributed by atoms with Gasteiger partial charge in [-0.1, -0.05) is 12.1 Å². The summed E-state index contributed by atoms with van der Waals surface area (Å²) in [4.78, 5) is 34.0. The molecule has 0 bridgehead atoms. The van der Waals surface area contributed by atoms with Crippen LogP contribution >= 0.6 is 0 Å². The van der Waals surface area contributed by atoms with Crippen LogP contribution in [0, 0.1) is 17.0 Å². The Morgan fingerprint density at radius 1 is 1.09 bits per heavy atom. The molecule has 112 valence electrons. The van der Waals surface area contributed by atoms with Crippen LogP contribution in [0.25, 0.3) is 0 Å². The normalized spacial score (nSPS) is 10.1. The summed E-state index contributed by atoms with van der Waals surface area (Å²) >= 11 is 0. The number of nitrogens with one attached hydrogen (secondary N) is 1. The minimum atomic E-state index is -0.514. The van der Waals surface area contributed by atoms with Crippen LogP contribution in [0.5, 0.6) is 0 Å². The number of Topliss-reactive ketones (excluding diaryl/α,β-unsaturated/α-hetero) is 1. The number of benzene rings is 2. The van der Waals surface area contributed by atoms with Crippen LogP contribution in [-0.2, 0) is 0 Å². The average Bonchev–Trinajstić information content (AvgIpc) is 2.47. The van der Waals surface area contributed by atoms with Crippen molar-refractivity contribution < 1.29 is 14.5 Å². The van der Waals surface area contributed by atoms with Crippen LogP contribution in [0.1, 0.15) is 33.2 Å². The quantitative estimate of drug-likeness (QED) is 0.532. The highest BCUT2D eigenvalue weighted by molar-refractivity contribution is 6.09. The van der Waals surface area contributed by atoms with Gasteiger partial charge < -0.3 is 5.32 Å². The van der Waals surface area contributed by atoms with Gasteiger partial charge in [0.1, 0.15) is 0 Å². The third-order valence-electron chi connectivity index (χ3n) is 3.22. The molecule has 0 saturated carbocycles. The number of para-hydroxylation sites is 1. The van der Waals surface area contributed by atoms with Crippen molar-refractivity contribution in [1.82, 2.24) is 0 Å². The molecule has 0 spiro atoms. The molecule has 6 nitrogen and oxygen atoms in total. The maximum absolute atomic E-state index is 12.3. The van der Waals surface area contributed by atoms with Crippen molar-refractivity contribution in [2.75, 3.05) is 5.32 Å². The fourth-order valence-corrected chi connectivity index (χ4v) is 2.10. The molecule has 0 saturated heterocycles. The first-order chi connectivity index (χ1) is 10.4. The summed E-state index contributed by atoms with van der Waals surface area (Å²) in [5.74, 6) is -0.572. The smallest absolute Gasteiger partial charge is 0.269 e. The molecule has 0 radical (unpaired) electrons. The largest absolute Gasteiger partial charge is 0.321 e. The van der Waals surface area contributed by atoms with Gasteiger partial charge in [-0.05, 0) is 37.6 Å². The molecule has 2 aromatic carbocycles. The minimum absolute atomic E-state index is 0.0711. The molecule has 0 heterocycles. The molecule has 2 aromatic rings. The topological polar surface area (TPSA) is 89.3 Å². The second-order valence-electron chi connectivity index (χ2n) is 4.81. The molecule has 0 atom stereocenters. The fraction of sp³-hybridized carbons (Fsp3) is 0.125. The van der Waals surface area contributed by atoms with Crippen LogP contribution in [0.3, 0.4) is 0 Å². The highest BCUT2D eigenvalue weighted by Crippen LogP contribution is 2.20. The molecule has 0 aliphatic carbocycles. The molecular weight excluding hydrogens is 284 g/mol. The number of hydrogen-bond acceptors (Lipinski definition) is 4.